The molecule has 5 N–H and O–H groups in total. The highest BCUT2D eigenvalue weighted by atomic mass is 16.5. The Morgan fingerprint density at radius 2 is 1.94 bits per heavy atom. The zero-order valence-corrected chi connectivity index (χ0v) is 9.83. The van der Waals surface area contributed by atoms with Crippen molar-refractivity contribution >= 4 is 11.9 Å². The molecule has 0 saturated carbocycles. The summed E-state index contributed by atoms with van der Waals surface area (Å²) in [5.74, 6) is -0.0315. The van der Waals surface area contributed by atoms with Crippen molar-refractivity contribution in [2.24, 2.45) is 5.73 Å². The third-order valence-electron chi connectivity index (χ3n) is 2.47. The van der Waals surface area contributed by atoms with Crippen molar-refractivity contribution in [3.05, 3.63) is 0 Å². The van der Waals surface area contributed by atoms with E-state index in [0.29, 0.717) is 26.3 Å². The lowest BCUT2D eigenvalue weighted by molar-refractivity contribution is -0.121. The first-order chi connectivity index (χ1) is 8.18. The van der Waals surface area contributed by atoms with E-state index >= 15 is 0 Å². The number of nitrogens with two attached hydrogens (primary N) is 1. The minimum absolute atomic E-state index is 0.0315. The fourth-order valence-corrected chi connectivity index (χ4v) is 1.60. The highest BCUT2D eigenvalue weighted by molar-refractivity contribution is 5.78. The molecular formula is C10H20N4O3. The molecule has 0 atom stereocenters. The van der Waals surface area contributed by atoms with Crippen molar-refractivity contribution in [1.29, 1.82) is 0 Å². The first kappa shape index (κ1) is 13.7. The number of rotatable bonds is 6. The number of carbonyl (C=O) groups is 2. The summed E-state index contributed by atoms with van der Waals surface area (Å²) in [6.45, 7) is 2.60. The van der Waals surface area contributed by atoms with Crippen LogP contribution in [0.15, 0.2) is 0 Å². The van der Waals surface area contributed by atoms with Gasteiger partial charge in [-0.05, 0) is 12.8 Å². The van der Waals surface area contributed by atoms with Crippen molar-refractivity contribution in [2.75, 3.05) is 32.8 Å². The van der Waals surface area contributed by atoms with Gasteiger partial charge in [0, 0.05) is 32.3 Å². The van der Waals surface area contributed by atoms with Crippen molar-refractivity contribution in [1.82, 2.24) is 16.0 Å². The van der Waals surface area contributed by atoms with E-state index in [1.165, 1.54) is 0 Å². The van der Waals surface area contributed by atoms with Crippen molar-refractivity contribution in [3.8, 4) is 0 Å². The lowest BCUT2D eigenvalue weighted by Crippen LogP contribution is -2.44. The van der Waals surface area contributed by atoms with E-state index in [9.17, 15) is 9.59 Å². The van der Waals surface area contributed by atoms with Gasteiger partial charge in [-0.25, -0.2) is 4.79 Å². The van der Waals surface area contributed by atoms with Gasteiger partial charge in [0.2, 0.25) is 5.91 Å². The van der Waals surface area contributed by atoms with Crippen LogP contribution >= 0.6 is 0 Å². The van der Waals surface area contributed by atoms with Crippen molar-refractivity contribution < 1.29 is 14.3 Å². The van der Waals surface area contributed by atoms with Gasteiger partial charge in [-0.2, -0.15) is 0 Å². The average Bonchev–Trinajstić information content (AvgIpc) is 2.29. The van der Waals surface area contributed by atoms with Gasteiger partial charge >= 0.3 is 6.03 Å². The summed E-state index contributed by atoms with van der Waals surface area (Å²) in [7, 11) is 0. The highest BCUT2D eigenvalue weighted by Gasteiger charge is 2.15. The maximum atomic E-state index is 11.5. The molecule has 0 aromatic carbocycles. The van der Waals surface area contributed by atoms with Gasteiger partial charge in [-0.15, -0.1) is 0 Å². The Morgan fingerprint density at radius 3 is 2.59 bits per heavy atom. The SMILES string of the molecule is NC(=O)NCCNCC(=O)NC1CCOCC1. The minimum atomic E-state index is -0.557. The van der Waals surface area contributed by atoms with E-state index in [2.05, 4.69) is 16.0 Å². The Labute approximate surface area is 100 Å². The molecular weight excluding hydrogens is 224 g/mol. The number of primary amides is 1. The van der Waals surface area contributed by atoms with Crippen LogP contribution < -0.4 is 21.7 Å². The van der Waals surface area contributed by atoms with Gasteiger partial charge < -0.3 is 26.4 Å². The van der Waals surface area contributed by atoms with E-state index in [0.717, 1.165) is 12.8 Å². The Hall–Kier alpha value is -1.34. The summed E-state index contributed by atoms with van der Waals surface area (Å²) in [4.78, 5) is 21.8. The third-order valence-corrected chi connectivity index (χ3v) is 2.47. The molecule has 1 aliphatic heterocycles. The number of amides is 3. The molecule has 1 heterocycles. The first-order valence-corrected chi connectivity index (χ1v) is 5.79. The Morgan fingerprint density at radius 1 is 1.24 bits per heavy atom. The van der Waals surface area contributed by atoms with Crippen molar-refractivity contribution in [3.63, 3.8) is 0 Å². The van der Waals surface area contributed by atoms with Gasteiger partial charge in [0.1, 0.15) is 0 Å². The molecule has 1 rings (SSSR count). The zero-order valence-electron chi connectivity index (χ0n) is 9.83. The van der Waals surface area contributed by atoms with Crippen molar-refractivity contribution in [2.45, 2.75) is 18.9 Å². The van der Waals surface area contributed by atoms with Gasteiger partial charge in [0.15, 0.2) is 0 Å². The first-order valence-electron chi connectivity index (χ1n) is 5.79. The van der Waals surface area contributed by atoms with E-state index in [-0.39, 0.29) is 18.5 Å². The predicted molar refractivity (Wildman–Crippen MR) is 62.4 cm³/mol. The van der Waals surface area contributed by atoms with Crippen LogP contribution in [0.25, 0.3) is 0 Å². The maximum absolute atomic E-state index is 11.5. The molecule has 1 saturated heterocycles. The second kappa shape index (κ2) is 7.86. The molecule has 7 heteroatoms. The topological polar surface area (TPSA) is 105 Å². The molecule has 0 radical (unpaired) electrons. The number of urea groups is 1. The molecule has 1 aliphatic rings. The average molecular weight is 244 g/mol. The monoisotopic (exact) mass is 244 g/mol. The van der Waals surface area contributed by atoms with Crippen LogP contribution in [-0.4, -0.2) is 50.8 Å². The standard InChI is InChI=1S/C10H20N4O3/c11-10(16)13-4-3-12-7-9(15)14-8-1-5-17-6-2-8/h8,12H,1-7H2,(H,14,15)(H3,11,13,16). The fraction of sp³-hybridized carbons (Fsp3) is 0.800. The Bertz CT molecular complexity index is 254. The smallest absolute Gasteiger partial charge is 0.312 e. The fourth-order valence-electron chi connectivity index (χ4n) is 1.60. The number of hydrogen-bond acceptors (Lipinski definition) is 4. The van der Waals surface area contributed by atoms with Crippen LogP contribution in [0.4, 0.5) is 4.79 Å². The van der Waals surface area contributed by atoms with E-state index in [1.807, 2.05) is 0 Å². The summed E-state index contributed by atoms with van der Waals surface area (Å²) in [6.07, 6.45) is 1.74. The third kappa shape index (κ3) is 6.75. The van der Waals surface area contributed by atoms with Crippen LogP contribution in [-0.2, 0) is 9.53 Å². The molecule has 7 nitrogen and oxygen atoms in total. The molecule has 0 unspecified atom stereocenters. The summed E-state index contributed by atoms with van der Waals surface area (Å²) < 4.78 is 5.20. The maximum Gasteiger partial charge on any atom is 0.312 e. The van der Waals surface area contributed by atoms with E-state index < -0.39 is 6.03 Å². The molecule has 0 aliphatic carbocycles. The molecule has 0 aromatic rings. The van der Waals surface area contributed by atoms with Gasteiger partial charge in [0.05, 0.1) is 6.54 Å². The number of carbonyl (C=O) groups excluding carboxylic acids is 2. The molecule has 17 heavy (non-hydrogen) atoms. The van der Waals surface area contributed by atoms with Crippen LogP contribution in [0.2, 0.25) is 0 Å². The number of ether oxygens (including phenoxy) is 1. The van der Waals surface area contributed by atoms with Gasteiger partial charge in [-0.3, -0.25) is 4.79 Å². The number of nitrogens with one attached hydrogen (secondary N) is 3. The van der Waals surface area contributed by atoms with Gasteiger partial charge in [0.25, 0.3) is 0 Å². The molecule has 98 valence electrons. The van der Waals surface area contributed by atoms with Gasteiger partial charge in [-0.1, -0.05) is 0 Å². The summed E-state index contributed by atoms with van der Waals surface area (Å²) in [5.41, 5.74) is 4.89. The molecule has 3 amide bonds. The summed E-state index contributed by atoms with van der Waals surface area (Å²) >= 11 is 0. The molecule has 0 bridgehead atoms. The van der Waals surface area contributed by atoms with E-state index in [4.69, 9.17) is 10.5 Å². The Balaban J connectivity index is 1.98. The van der Waals surface area contributed by atoms with Crippen LogP contribution in [0, 0.1) is 0 Å². The quantitative estimate of drug-likeness (QED) is 0.428. The second-order valence-electron chi connectivity index (χ2n) is 3.92. The zero-order chi connectivity index (χ0) is 12.5. The normalized spacial score (nSPS) is 16.5. The second-order valence-corrected chi connectivity index (χ2v) is 3.92. The number of hydrogen-bond donors (Lipinski definition) is 4. The largest absolute Gasteiger partial charge is 0.381 e. The van der Waals surface area contributed by atoms with E-state index in [1.54, 1.807) is 0 Å². The lowest BCUT2D eigenvalue weighted by Gasteiger charge is -2.23. The minimum Gasteiger partial charge on any atom is -0.381 e. The lowest BCUT2D eigenvalue weighted by atomic mass is 10.1. The molecule has 0 spiro atoms. The predicted octanol–water partition coefficient (Wildman–Crippen LogP) is -1.46. The van der Waals surface area contributed by atoms with Crippen LogP contribution in [0.1, 0.15) is 12.8 Å². The van der Waals surface area contributed by atoms with Crippen LogP contribution in [0.5, 0.6) is 0 Å². The summed E-state index contributed by atoms with van der Waals surface area (Å²) in [5, 5.41) is 8.27. The molecule has 0 aromatic heterocycles. The Kier molecular flexibility index (Phi) is 6.34. The summed E-state index contributed by atoms with van der Waals surface area (Å²) in [6, 6.07) is -0.333. The van der Waals surface area contributed by atoms with Crippen LogP contribution in [0.3, 0.4) is 0 Å². The molecule has 1 fully saturated rings. The highest BCUT2D eigenvalue weighted by Crippen LogP contribution is 2.05.